The van der Waals surface area contributed by atoms with Crippen molar-refractivity contribution >= 4 is 13.9 Å². The summed E-state index contributed by atoms with van der Waals surface area (Å²) in [5.74, 6) is 0. The zero-order valence-electron chi connectivity index (χ0n) is 10.7. The van der Waals surface area contributed by atoms with Crippen LogP contribution in [0.2, 0.25) is 0 Å². The molecule has 0 aromatic rings. The van der Waals surface area contributed by atoms with Crippen LogP contribution in [0.5, 0.6) is 0 Å². The van der Waals surface area contributed by atoms with Crippen molar-refractivity contribution in [3.8, 4) is 0 Å². The maximum atomic E-state index is 11.8. The number of hydrogen-bond donors (Lipinski definition) is 1. The van der Waals surface area contributed by atoms with Gasteiger partial charge >= 0.3 is 6.09 Å². The minimum Gasteiger partial charge on any atom is -0.444 e. The summed E-state index contributed by atoms with van der Waals surface area (Å²) in [4.78, 5) is 18.1. The van der Waals surface area contributed by atoms with Crippen molar-refractivity contribution in [2.45, 2.75) is 45.8 Å². The molecule has 1 atom stereocenters. The molecule has 0 aromatic heterocycles. The third kappa shape index (κ3) is 5.97. The standard InChI is InChI=1S/C10H21BN2O3/c1-6-7-13(8(11)16-12-5)9(14)15-10(2,3)4/h8,12H,6-7H2,1-5H3. The highest BCUT2D eigenvalue weighted by molar-refractivity contribution is 6.11. The van der Waals surface area contributed by atoms with Gasteiger partial charge in [0.25, 0.3) is 0 Å². The van der Waals surface area contributed by atoms with Gasteiger partial charge in [-0.15, -0.1) is 0 Å². The van der Waals surface area contributed by atoms with Gasteiger partial charge in [0.05, 0.1) is 0 Å². The molecule has 6 heteroatoms. The molecule has 1 N–H and O–H groups in total. The van der Waals surface area contributed by atoms with Gasteiger partial charge in [-0.05, 0) is 27.2 Å². The lowest BCUT2D eigenvalue weighted by molar-refractivity contribution is -0.0618. The van der Waals surface area contributed by atoms with Crippen LogP contribution in [0.4, 0.5) is 4.79 Å². The van der Waals surface area contributed by atoms with Crippen molar-refractivity contribution in [1.29, 1.82) is 0 Å². The summed E-state index contributed by atoms with van der Waals surface area (Å²) in [6.45, 7) is 7.85. The first-order chi connectivity index (χ1) is 7.31. The third-order valence-electron chi connectivity index (χ3n) is 1.64. The SMILES string of the molecule is [B]C(ONC)N(CCC)C(=O)OC(C)(C)C. The van der Waals surface area contributed by atoms with Crippen LogP contribution in [0, 0.1) is 0 Å². The molecule has 0 aliphatic heterocycles. The lowest BCUT2D eigenvalue weighted by Gasteiger charge is -2.31. The Balaban J connectivity index is 4.45. The Morgan fingerprint density at radius 1 is 1.50 bits per heavy atom. The summed E-state index contributed by atoms with van der Waals surface area (Å²) in [7, 11) is 7.26. The van der Waals surface area contributed by atoms with Crippen LogP contribution in [-0.2, 0) is 9.57 Å². The van der Waals surface area contributed by atoms with Gasteiger partial charge in [0.1, 0.15) is 19.6 Å². The van der Waals surface area contributed by atoms with Crippen LogP contribution in [0.25, 0.3) is 0 Å². The molecule has 1 amide bonds. The molecule has 0 aliphatic carbocycles. The lowest BCUT2D eigenvalue weighted by atomic mass is 10.1. The second-order valence-electron chi connectivity index (χ2n) is 4.39. The number of nitrogens with one attached hydrogen (secondary N) is 1. The molecule has 0 saturated heterocycles. The molecule has 16 heavy (non-hydrogen) atoms. The number of nitrogens with zero attached hydrogens (tertiary/aromatic N) is 1. The fraction of sp³-hybridized carbons (Fsp3) is 0.900. The molecule has 0 rings (SSSR count). The van der Waals surface area contributed by atoms with Crippen molar-refractivity contribution < 1.29 is 14.4 Å². The predicted molar refractivity (Wildman–Crippen MR) is 62.9 cm³/mol. The normalized spacial score (nSPS) is 13.3. The molecule has 0 fully saturated rings. The Morgan fingerprint density at radius 2 is 2.06 bits per heavy atom. The van der Waals surface area contributed by atoms with Gasteiger partial charge in [-0.1, -0.05) is 6.92 Å². The summed E-state index contributed by atoms with van der Waals surface area (Å²) in [5, 5.41) is 0. The van der Waals surface area contributed by atoms with E-state index in [9.17, 15) is 4.79 Å². The van der Waals surface area contributed by atoms with E-state index < -0.39 is 17.8 Å². The fourth-order valence-corrected chi connectivity index (χ4v) is 1.07. The maximum Gasteiger partial charge on any atom is 0.411 e. The van der Waals surface area contributed by atoms with E-state index in [1.165, 1.54) is 4.90 Å². The molecule has 1 unspecified atom stereocenters. The van der Waals surface area contributed by atoms with Crippen LogP contribution in [-0.4, -0.2) is 44.2 Å². The fourth-order valence-electron chi connectivity index (χ4n) is 1.07. The summed E-state index contributed by atoms with van der Waals surface area (Å²) in [6, 6.07) is 0. The molecule has 0 aliphatic rings. The summed E-state index contributed by atoms with van der Waals surface area (Å²) in [6.07, 6.45) is -0.545. The van der Waals surface area contributed by atoms with Gasteiger partial charge in [-0.3, -0.25) is 9.74 Å². The van der Waals surface area contributed by atoms with Gasteiger partial charge in [-0.2, -0.15) is 0 Å². The highest BCUT2D eigenvalue weighted by Gasteiger charge is 2.25. The summed E-state index contributed by atoms with van der Waals surface area (Å²) in [5.41, 5.74) is 1.91. The third-order valence-corrected chi connectivity index (χ3v) is 1.64. The molecule has 0 saturated carbocycles. The van der Waals surface area contributed by atoms with Crippen molar-refractivity contribution in [1.82, 2.24) is 10.4 Å². The largest absolute Gasteiger partial charge is 0.444 e. The van der Waals surface area contributed by atoms with Gasteiger partial charge in [0.15, 0.2) is 0 Å². The molecule has 2 radical (unpaired) electrons. The smallest absolute Gasteiger partial charge is 0.411 e. The number of carbonyl (C=O) groups is 1. The number of carbonyl (C=O) groups excluding carboxylic acids is 1. The van der Waals surface area contributed by atoms with Crippen LogP contribution in [0.3, 0.4) is 0 Å². The predicted octanol–water partition coefficient (Wildman–Crippen LogP) is 1.24. The molecular formula is C10H21BN2O3. The number of hydroxylamine groups is 1. The van der Waals surface area contributed by atoms with Crippen molar-refractivity contribution in [2.24, 2.45) is 0 Å². The Morgan fingerprint density at radius 3 is 2.44 bits per heavy atom. The van der Waals surface area contributed by atoms with Gasteiger partial charge in [-0.25, -0.2) is 10.3 Å². The van der Waals surface area contributed by atoms with Gasteiger partial charge < -0.3 is 4.74 Å². The van der Waals surface area contributed by atoms with E-state index in [2.05, 4.69) is 5.48 Å². The maximum absolute atomic E-state index is 11.8. The number of ether oxygens (including phenoxy) is 1. The van der Waals surface area contributed by atoms with Crippen molar-refractivity contribution in [2.75, 3.05) is 13.6 Å². The van der Waals surface area contributed by atoms with Crippen LogP contribution in [0.1, 0.15) is 34.1 Å². The molecule has 5 nitrogen and oxygen atoms in total. The van der Waals surface area contributed by atoms with Crippen LogP contribution in [0.15, 0.2) is 0 Å². The molecule has 92 valence electrons. The number of rotatable bonds is 5. The van der Waals surface area contributed by atoms with E-state index in [1.54, 1.807) is 27.8 Å². The first-order valence-electron chi connectivity index (χ1n) is 5.39. The molecule has 0 aromatic carbocycles. The van der Waals surface area contributed by atoms with Crippen LogP contribution < -0.4 is 5.48 Å². The molecular weight excluding hydrogens is 207 g/mol. The molecule has 0 bridgehead atoms. The second kappa shape index (κ2) is 6.76. The Hall–Kier alpha value is -0.745. The van der Waals surface area contributed by atoms with E-state index in [-0.39, 0.29) is 0 Å². The average Bonchev–Trinajstić information content (AvgIpc) is 2.11. The average molecular weight is 228 g/mol. The Labute approximate surface area is 98.8 Å². The highest BCUT2D eigenvalue weighted by atomic mass is 16.7. The van der Waals surface area contributed by atoms with Crippen molar-refractivity contribution in [3.05, 3.63) is 0 Å². The Kier molecular flexibility index (Phi) is 6.44. The second-order valence-corrected chi connectivity index (χ2v) is 4.39. The Bertz CT molecular complexity index is 219. The monoisotopic (exact) mass is 228 g/mol. The van der Waals surface area contributed by atoms with Gasteiger partial charge in [0.2, 0.25) is 0 Å². The first-order valence-corrected chi connectivity index (χ1v) is 5.39. The zero-order valence-corrected chi connectivity index (χ0v) is 10.7. The number of amides is 1. The zero-order chi connectivity index (χ0) is 12.8. The topological polar surface area (TPSA) is 50.8 Å². The van der Waals surface area contributed by atoms with E-state index in [4.69, 9.17) is 17.4 Å². The highest BCUT2D eigenvalue weighted by Crippen LogP contribution is 2.11. The molecule has 0 spiro atoms. The van der Waals surface area contributed by atoms with E-state index in [0.717, 1.165) is 6.42 Å². The number of hydrogen-bond acceptors (Lipinski definition) is 4. The summed E-state index contributed by atoms with van der Waals surface area (Å²) < 4.78 is 5.22. The minimum atomic E-state index is -0.847. The van der Waals surface area contributed by atoms with E-state index >= 15 is 0 Å². The van der Waals surface area contributed by atoms with E-state index in [0.29, 0.717) is 6.54 Å². The summed E-state index contributed by atoms with van der Waals surface area (Å²) >= 11 is 0. The lowest BCUT2D eigenvalue weighted by Crippen LogP contribution is -2.46. The minimum absolute atomic E-state index is 0.475. The van der Waals surface area contributed by atoms with Gasteiger partial charge in [0, 0.05) is 13.6 Å². The van der Waals surface area contributed by atoms with Crippen LogP contribution >= 0.6 is 0 Å². The molecule has 0 heterocycles. The van der Waals surface area contributed by atoms with Crippen molar-refractivity contribution in [3.63, 3.8) is 0 Å². The first kappa shape index (κ1) is 15.3. The quantitative estimate of drug-likeness (QED) is 0.437. The van der Waals surface area contributed by atoms with E-state index in [1.807, 2.05) is 6.92 Å².